The summed E-state index contributed by atoms with van der Waals surface area (Å²) in [5.41, 5.74) is 3.91. The summed E-state index contributed by atoms with van der Waals surface area (Å²) in [5.74, 6) is 1.48. The molecule has 1 aromatic heterocycles. The van der Waals surface area contributed by atoms with Gasteiger partial charge in [0, 0.05) is 30.5 Å². The SMILES string of the molecule is Cc1nc(Cl)cc(N2CCc3c(cccc3NC(=O)Nc3ccccc3)C2)n1. The molecule has 0 saturated heterocycles. The second kappa shape index (κ2) is 7.86. The number of nitrogens with zero attached hydrogens (tertiary/aromatic N) is 3. The van der Waals surface area contributed by atoms with E-state index in [1.54, 1.807) is 6.07 Å². The molecule has 2 N–H and O–H groups in total. The van der Waals surface area contributed by atoms with Crippen LogP contribution < -0.4 is 15.5 Å². The molecule has 0 fully saturated rings. The van der Waals surface area contributed by atoms with Crippen molar-refractivity contribution in [3.63, 3.8) is 0 Å². The molecule has 0 saturated carbocycles. The van der Waals surface area contributed by atoms with Crippen LogP contribution >= 0.6 is 11.6 Å². The van der Waals surface area contributed by atoms with Crippen molar-refractivity contribution in [1.29, 1.82) is 0 Å². The molecular formula is C21H20ClN5O. The Hall–Kier alpha value is -3.12. The minimum absolute atomic E-state index is 0.250. The van der Waals surface area contributed by atoms with Gasteiger partial charge in [-0.05, 0) is 42.7 Å². The van der Waals surface area contributed by atoms with Crippen molar-refractivity contribution in [1.82, 2.24) is 9.97 Å². The van der Waals surface area contributed by atoms with E-state index in [0.717, 1.165) is 41.3 Å². The molecule has 3 aromatic rings. The number of halogens is 1. The summed E-state index contributed by atoms with van der Waals surface area (Å²) < 4.78 is 0. The number of para-hydroxylation sites is 1. The van der Waals surface area contributed by atoms with Crippen LogP contribution in [0.3, 0.4) is 0 Å². The summed E-state index contributed by atoms with van der Waals surface area (Å²) >= 11 is 6.09. The van der Waals surface area contributed by atoms with Gasteiger partial charge in [-0.25, -0.2) is 14.8 Å². The van der Waals surface area contributed by atoms with Crippen molar-refractivity contribution in [3.8, 4) is 0 Å². The van der Waals surface area contributed by atoms with Gasteiger partial charge in [-0.1, -0.05) is 41.9 Å². The molecule has 4 rings (SSSR count). The Morgan fingerprint density at radius 3 is 2.68 bits per heavy atom. The molecule has 7 heteroatoms. The van der Waals surface area contributed by atoms with Gasteiger partial charge in [0.15, 0.2) is 0 Å². The molecule has 0 bridgehead atoms. The first-order chi connectivity index (χ1) is 13.6. The number of carbonyl (C=O) groups is 1. The minimum Gasteiger partial charge on any atom is -0.352 e. The van der Waals surface area contributed by atoms with Crippen molar-refractivity contribution in [3.05, 3.63) is 76.7 Å². The van der Waals surface area contributed by atoms with Crippen LogP contribution in [0.15, 0.2) is 54.6 Å². The highest BCUT2D eigenvalue weighted by Crippen LogP contribution is 2.29. The van der Waals surface area contributed by atoms with Crippen LogP contribution in [0.25, 0.3) is 0 Å². The number of hydrogen-bond acceptors (Lipinski definition) is 4. The molecule has 0 radical (unpaired) electrons. The Balaban J connectivity index is 1.50. The van der Waals surface area contributed by atoms with Crippen LogP contribution in [0.1, 0.15) is 17.0 Å². The van der Waals surface area contributed by atoms with E-state index in [2.05, 4.69) is 31.6 Å². The maximum Gasteiger partial charge on any atom is 0.323 e. The Morgan fingerprint density at radius 1 is 1.07 bits per heavy atom. The molecule has 2 heterocycles. The molecule has 0 atom stereocenters. The minimum atomic E-state index is -0.250. The Morgan fingerprint density at radius 2 is 1.89 bits per heavy atom. The average Bonchev–Trinajstić information content (AvgIpc) is 2.68. The molecule has 1 aliphatic heterocycles. The third-order valence-corrected chi connectivity index (χ3v) is 4.86. The van der Waals surface area contributed by atoms with Gasteiger partial charge in [0.1, 0.15) is 16.8 Å². The quantitative estimate of drug-likeness (QED) is 0.636. The van der Waals surface area contributed by atoms with E-state index in [0.29, 0.717) is 17.5 Å². The zero-order chi connectivity index (χ0) is 19.5. The highest BCUT2D eigenvalue weighted by Gasteiger charge is 2.21. The van der Waals surface area contributed by atoms with E-state index in [4.69, 9.17) is 11.6 Å². The summed E-state index contributed by atoms with van der Waals surface area (Å²) in [6.07, 6.45) is 0.803. The smallest absolute Gasteiger partial charge is 0.323 e. The van der Waals surface area contributed by atoms with E-state index in [9.17, 15) is 4.79 Å². The molecule has 0 aliphatic carbocycles. The number of amides is 2. The Labute approximate surface area is 168 Å². The van der Waals surface area contributed by atoms with Crippen molar-refractivity contribution >= 4 is 34.8 Å². The maximum absolute atomic E-state index is 12.4. The van der Waals surface area contributed by atoms with Gasteiger partial charge < -0.3 is 15.5 Å². The van der Waals surface area contributed by atoms with E-state index < -0.39 is 0 Å². The number of carbonyl (C=O) groups excluding carboxylic acids is 1. The molecule has 0 unspecified atom stereocenters. The normalized spacial score (nSPS) is 13.0. The summed E-state index contributed by atoms with van der Waals surface area (Å²) in [5, 5.41) is 6.27. The van der Waals surface area contributed by atoms with Gasteiger partial charge in [-0.2, -0.15) is 0 Å². The highest BCUT2D eigenvalue weighted by molar-refractivity contribution is 6.29. The first-order valence-corrected chi connectivity index (χ1v) is 9.46. The zero-order valence-electron chi connectivity index (χ0n) is 15.4. The number of urea groups is 1. The van der Waals surface area contributed by atoms with Crippen LogP contribution in [-0.4, -0.2) is 22.5 Å². The lowest BCUT2D eigenvalue weighted by atomic mass is 9.97. The summed E-state index contributed by atoms with van der Waals surface area (Å²) in [6, 6.07) is 16.9. The fraction of sp³-hybridized carbons (Fsp3) is 0.190. The van der Waals surface area contributed by atoms with Crippen LogP contribution in [-0.2, 0) is 13.0 Å². The molecule has 2 amide bonds. The van der Waals surface area contributed by atoms with Gasteiger partial charge in [0.05, 0.1) is 0 Å². The predicted octanol–water partition coefficient (Wildman–Crippen LogP) is 4.65. The molecule has 6 nitrogen and oxygen atoms in total. The van der Waals surface area contributed by atoms with E-state index in [1.807, 2.05) is 49.4 Å². The lowest BCUT2D eigenvalue weighted by Crippen LogP contribution is -2.32. The third kappa shape index (κ3) is 4.07. The number of hydrogen-bond donors (Lipinski definition) is 2. The number of benzene rings is 2. The van der Waals surface area contributed by atoms with Gasteiger partial charge in [-0.3, -0.25) is 0 Å². The topological polar surface area (TPSA) is 70.2 Å². The molecule has 0 spiro atoms. The number of anilines is 3. The Bertz CT molecular complexity index is 989. The number of aromatic nitrogens is 2. The van der Waals surface area contributed by atoms with Crippen LogP contribution in [0, 0.1) is 6.92 Å². The zero-order valence-corrected chi connectivity index (χ0v) is 16.2. The lowest BCUT2D eigenvalue weighted by molar-refractivity contribution is 0.262. The monoisotopic (exact) mass is 393 g/mol. The largest absolute Gasteiger partial charge is 0.352 e. The molecular weight excluding hydrogens is 374 g/mol. The number of aryl methyl sites for hydroxylation is 1. The van der Waals surface area contributed by atoms with Gasteiger partial charge >= 0.3 is 6.03 Å². The van der Waals surface area contributed by atoms with Gasteiger partial charge in [0.2, 0.25) is 0 Å². The van der Waals surface area contributed by atoms with Crippen LogP contribution in [0.4, 0.5) is 22.0 Å². The second-order valence-electron chi connectivity index (χ2n) is 6.66. The van der Waals surface area contributed by atoms with Gasteiger partial charge in [0.25, 0.3) is 0 Å². The first kappa shape index (κ1) is 18.3. The third-order valence-electron chi connectivity index (χ3n) is 4.66. The second-order valence-corrected chi connectivity index (χ2v) is 7.04. The number of fused-ring (bicyclic) bond motifs is 1. The van der Waals surface area contributed by atoms with Gasteiger partial charge in [-0.15, -0.1) is 0 Å². The van der Waals surface area contributed by atoms with Crippen molar-refractivity contribution < 1.29 is 4.79 Å². The maximum atomic E-state index is 12.4. The van der Waals surface area contributed by atoms with Crippen LogP contribution in [0.5, 0.6) is 0 Å². The summed E-state index contributed by atoms with van der Waals surface area (Å²) in [7, 11) is 0. The standard InChI is InChI=1S/C21H20ClN5O/c1-14-23-19(22)12-20(24-14)27-11-10-17-15(13-27)6-5-9-18(17)26-21(28)25-16-7-3-2-4-8-16/h2-9,12H,10-11,13H2,1H3,(H2,25,26,28). The Kier molecular flexibility index (Phi) is 5.12. The number of nitrogens with one attached hydrogen (secondary N) is 2. The van der Waals surface area contributed by atoms with E-state index >= 15 is 0 Å². The fourth-order valence-electron chi connectivity index (χ4n) is 3.41. The molecule has 1 aliphatic rings. The first-order valence-electron chi connectivity index (χ1n) is 9.08. The molecule has 2 aromatic carbocycles. The van der Waals surface area contributed by atoms with Crippen molar-refractivity contribution in [2.45, 2.75) is 19.9 Å². The van der Waals surface area contributed by atoms with Crippen LogP contribution in [0.2, 0.25) is 5.15 Å². The summed E-state index contributed by atoms with van der Waals surface area (Å²) in [4.78, 5) is 23.2. The molecule has 28 heavy (non-hydrogen) atoms. The lowest BCUT2D eigenvalue weighted by Gasteiger charge is -2.31. The predicted molar refractivity (Wildman–Crippen MR) is 112 cm³/mol. The van der Waals surface area contributed by atoms with Crippen molar-refractivity contribution in [2.75, 3.05) is 22.1 Å². The fourth-order valence-corrected chi connectivity index (χ4v) is 3.63. The molecule has 142 valence electrons. The highest BCUT2D eigenvalue weighted by atomic mass is 35.5. The average molecular weight is 394 g/mol. The van der Waals surface area contributed by atoms with Crippen molar-refractivity contribution in [2.24, 2.45) is 0 Å². The number of rotatable bonds is 3. The summed E-state index contributed by atoms with van der Waals surface area (Å²) in [6.45, 7) is 3.33. The van der Waals surface area contributed by atoms with E-state index in [1.165, 1.54) is 0 Å². The van der Waals surface area contributed by atoms with E-state index in [-0.39, 0.29) is 6.03 Å².